The Morgan fingerprint density at radius 1 is 0.500 bits per heavy atom. The van der Waals surface area contributed by atoms with Crippen LogP contribution in [0.2, 0.25) is 0 Å². The number of unbranched alkanes of at least 4 members (excludes halogenated alkanes) is 16. The van der Waals surface area contributed by atoms with Crippen molar-refractivity contribution in [1.29, 1.82) is 0 Å². The maximum absolute atomic E-state index is 13.4. The predicted octanol–water partition coefficient (Wildman–Crippen LogP) is 11.2. The van der Waals surface area contributed by atoms with Crippen LogP contribution in [0.1, 0.15) is 165 Å². The summed E-state index contributed by atoms with van der Waals surface area (Å²) in [4.78, 5) is 38.9. The molecule has 268 valence electrons. The Hall–Kier alpha value is -3.35. The van der Waals surface area contributed by atoms with E-state index >= 15 is 0 Å². The first-order chi connectivity index (χ1) is 23.4. The van der Waals surface area contributed by atoms with Gasteiger partial charge in [-0.1, -0.05) is 123 Å². The second-order valence-electron chi connectivity index (χ2n) is 12.9. The molecular formula is C41H62O7. The molecule has 48 heavy (non-hydrogen) atoms. The molecule has 0 aliphatic carbocycles. The Balaban J connectivity index is 1.97. The van der Waals surface area contributed by atoms with Crippen LogP contribution in [0.4, 0.5) is 0 Å². The summed E-state index contributed by atoms with van der Waals surface area (Å²) in [5, 5.41) is 0. The largest absolute Gasteiger partial charge is 0.497 e. The molecule has 2 aromatic carbocycles. The maximum atomic E-state index is 13.4. The van der Waals surface area contributed by atoms with E-state index in [1.54, 1.807) is 32.4 Å². The van der Waals surface area contributed by atoms with Crippen LogP contribution >= 0.6 is 0 Å². The van der Waals surface area contributed by atoms with Gasteiger partial charge in [0.05, 0.1) is 19.8 Å². The highest BCUT2D eigenvalue weighted by Gasteiger charge is 2.19. The van der Waals surface area contributed by atoms with Crippen molar-refractivity contribution in [2.24, 2.45) is 0 Å². The van der Waals surface area contributed by atoms with Crippen molar-refractivity contribution < 1.29 is 33.3 Å². The molecule has 0 fully saturated rings. The average Bonchev–Trinajstić information content (AvgIpc) is 3.09. The number of benzene rings is 2. The predicted molar refractivity (Wildman–Crippen MR) is 194 cm³/mol. The molecule has 0 aliphatic heterocycles. The normalized spacial score (nSPS) is 10.9. The molecule has 0 bridgehead atoms. The maximum Gasteiger partial charge on any atom is 0.311 e. The molecule has 0 aromatic heterocycles. The van der Waals surface area contributed by atoms with Gasteiger partial charge in [-0.3, -0.25) is 14.4 Å². The first kappa shape index (κ1) is 40.8. The molecule has 0 atom stereocenters. The summed E-state index contributed by atoms with van der Waals surface area (Å²) in [5.41, 5.74) is 1.17. The zero-order valence-corrected chi connectivity index (χ0v) is 30.4. The summed E-state index contributed by atoms with van der Waals surface area (Å²) in [5.74, 6) is 0.838. The molecule has 0 aliphatic rings. The van der Waals surface area contributed by atoms with Gasteiger partial charge in [0.15, 0.2) is 5.78 Å². The summed E-state index contributed by atoms with van der Waals surface area (Å²) in [6.45, 7) is 4.45. The van der Waals surface area contributed by atoms with Gasteiger partial charge in [0.1, 0.15) is 23.0 Å². The van der Waals surface area contributed by atoms with Gasteiger partial charge in [-0.25, -0.2) is 0 Å². The second kappa shape index (κ2) is 25.6. The molecule has 0 spiro atoms. The number of carbonyl (C=O) groups excluding carboxylic acids is 3. The van der Waals surface area contributed by atoms with Gasteiger partial charge in [0, 0.05) is 31.4 Å². The summed E-state index contributed by atoms with van der Waals surface area (Å²) < 4.78 is 22.1. The fourth-order valence-electron chi connectivity index (χ4n) is 5.84. The number of hydrogen-bond acceptors (Lipinski definition) is 7. The van der Waals surface area contributed by atoms with Crippen LogP contribution in [-0.2, 0) is 16.0 Å². The van der Waals surface area contributed by atoms with E-state index < -0.39 is 0 Å². The van der Waals surface area contributed by atoms with Gasteiger partial charge < -0.3 is 18.9 Å². The SMILES string of the molecule is CCCCCCCCCCCC(=O)Oc1ccc(C(=O)CCc2ccc(OC)cc2OC)c(OC(=O)CCCCCCCCCCC)c1. The van der Waals surface area contributed by atoms with Gasteiger partial charge in [-0.2, -0.15) is 0 Å². The summed E-state index contributed by atoms with van der Waals surface area (Å²) >= 11 is 0. The lowest BCUT2D eigenvalue weighted by Gasteiger charge is -2.13. The van der Waals surface area contributed by atoms with E-state index in [9.17, 15) is 14.4 Å². The lowest BCUT2D eigenvalue weighted by Crippen LogP contribution is -2.13. The quantitative estimate of drug-likeness (QED) is 0.0386. The van der Waals surface area contributed by atoms with Gasteiger partial charge >= 0.3 is 11.9 Å². The summed E-state index contributed by atoms with van der Waals surface area (Å²) in [6, 6.07) is 10.2. The lowest BCUT2D eigenvalue weighted by molar-refractivity contribution is -0.135. The third-order valence-electron chi connectivity index (χ3n) is 8.79. The number of aryl methyl sites for hydroxylation is 1. The van der Waals surface area contributed by atoms with Crippen LogP contribution in [0, 0.1) is 0 Å². The third kappa shape index (κ3) is 17.2. The Labute approximate surface area is 290 Å². The van der Waals surface area contributed by atoms with Crippen LogP contribution in [0.5, 0.6) is 23.0 Å². The molecule has 0 radical (unpaired) electrons. The Morgan fingerprint density at radius 3 is 1.50 bits per heavy atom. The molecule has 0 saturated heterocycles. The molecule has 7 nitrogen and oxygen atoms in total. The van der Waals surface area contributed by atoms with E-state index in [4.69, 9.17) is 18.9 Å². The van der Waals surface area contributed by atoms with Crippen molar-refractivity contribution in [2.75, 3.05) is 14.2 Å². The third-order valence-corrected chi connectivity index (χ3v) is 8.79. The first-order valence-electron chi connectivity index (χ1n) is 18.7. The van der Waals surface area contributed by atoms with Crippen molar-refractivity contribution in [2.45, 2.75) is 155 Å². The minimum absolute atomic E-state index is 0.135. The Kier molecular flexibility index (Phi) is 21.8. The van der Waals surface area contributed by atoms with Crippen molar-refractivity contribution in [3.63, 3.8) is 0 Å². The molecular weight excluding hydrogens is 604 g/mol. The topological polar surface area (TPSA) is 88.1 Å². The van der Waals surface area contributed by atoms with Gasteiger partial charge in [0.2, 0.25) is 0 Å². The van der Waals surface area contributed by atoms with Gasteiger partial charge in [-0.15, -0.1) is 0 Å². The minimum Gasteiger partial charge on any atom is -0.497 e. The minimum atomic E-state index is -0.387. The van der Waals surface area contributed by atoms with E-state index in [1.807, 2.05) is 12.1 Å². The number of ketones is 1. The highest BCUT2D eigenvalue weighted by molar-refractivity contribution is 5.99. The van der Waals surface area contributed by atoms with Gasteiger partial charge in [0.25, 0.3) is 0 Å². The zero-order valence-electron chi connectivity index (χ0n) is 30.4. The number of hydrogen-bond donors (Lipinski definition) is 0. The first-order valence-corrected chi connectivity index (χ1v) is 18.7. The van der Waals surface area contributed by atoms with E-state index in [0.717, 1.165) is 44.1 Å². The molecule has 2 rings (SSSR count). The molecule has 0 unspecified atom stereocenters. The number of ether oxygens (including phenoxy) is 4. The number of carbonyl (C=O) groups is 3. The number of Topliss-reactive ketones (excluding diaryl/α,β-unsaturated/α-hetero) is 1. The summed E-state index contributed by atoms with van der Waals surface area (Å²) in [7, 11) is 3.18. The highest BCUT2D eigenvalue weighted by atomic mass is 16.5. The second-order valence-corrected chi connectivity index (χ2v) is 12.9. The number of esters is 2. The molecule has 0 N–H and O–H groups in total. The van der Waals surface area contributed by atoms with E-state index in [2.05, 4.69) is 13.8 Å². The van der Waals surface area contributed by atoms with Gasteiger partial charge in [-0.05, 0) is 43.0 Å². The van der Waals surface area contributed by atoms with Crippen LogP contribution < -0.4 is 18.9 Å². The van der Waals surface area contributed by atoms with E-state index in [0.29, 0.717) is 29.9 Å². The summed E-state index contributed by atoms with van der Waals surface area (Å²) in [6.07, 6.45) is 22.1. The van der Waals surface area contributed by atoms with E-state index in [-0.39, 0.29) is 42.1 Å². The number of methoxy groups -OCH3 is 2. The van der Waals surface area contributed by atoms with Crippen LogP contribution in [-0.4, -0.2) is 31.9 Å². The smallest absolute Gasteiger partial charge is 0.311 e. The lowest BCUT2D eigenvalue weighted by atomic mass is 10.0. The fraction of sp³-hybridized carbons (Fsp3) is 0.634. The Morgan fingerprint density at radius 2 is 0.979 bits per heavy atom. The monoisotopic (exact) mass is 666 g/mol. The molecule has 7 heteroatoms. The zero-order chi connectivity index (χ0) is 34.8. The Bertz CT molecular complexity index is 1210. The van der Waals surface area contributed by atoms with Crippen LogP contribution in [0.25, 0.3) is 0 Å². The standard InChI is InChI=1S/C41H62O7/c1-5-7-9-11-13-15-17-19-21-23-40(43)47-35-28-29-36(37(42)30-26-33-25-27-34(45-3)31-38(33)46-4)39(32-35)48-41(44)24-22-20-18-16-14-12-10-8-6-2/h25,27-29,31-32H,5-24,26,30H2,1-4H3. The van der Waals surface area contributed by atoms with Crippen molar-refractivity contribution in [3.05, 3.63) is 47.5 Å². The molecule has 2 aromatic rings. The molecule has 0 amide bonds. The van der Waals surface area contributed by atoms with Crippen molar-refractivity contribution in [3.8, 4) is 23.0 Å². The molecule has 0 heterocycles. The van der Waals surface area contributed by atoms with Crippen molar-refractivity contribution >= 4 is 17.7 Å². The van der Waals surface area contributed by atoms with Crippen molar-refractivity contribution in [1.82, 2.24) is 0 Å². The van der Waals surface area contributed by atoms with Crippen LogP contribution in [0.3, 0.4) is 0 Å². The highest BCUT2D eigenvalue weighted by Crippen LogP contribution is 2.30. The fourth-order valence-corrected chi connectivity index (χ4v) is 5.84. The number of rotatable bonds is 28. The molecule has 0 saturated carbocycles. The van der Waals surface area contributed by atoms with E-state index in [1.165, 1.54) is 83.1 Å². The average molecular weight is 667 g/mol. The van der Waals surface area contributed by atoms with Crippen LogP contribution in [0.15, 0.2) is 36.4 Å².